The first-order chi connectivity index (χ1) is 8.23. The maximum atomic E-state index is 11.4. The van der Waals surface area contributed by atoms with Crippen LogP contribution in [0.5, 0.6) is 0 Å². The Morgan fingerprint density at radius 1 is 1.50 bits per heavy atom. The van der Waals surface area contributed by atoms with Crippen LogP contribution < -0.4 is 0 Å². The van der Waals surface area contributed by atoms with Crippen LogP contribution in [0.15, 0.2) is 0 Å². The molecular weight excluding hydrogens is 267 g/mol. The summed E-state index contributed by atoms with van der Waals surface area (Å²) < 4.78 is 20.1. The summed E-state index contributed by atoms with van der Waals surface area (Å²) in [7, 11) is -4.92. The zero-order valence-electron chi connectivity index (χ0n) is 9.62. The molecule has 1 heterocycles. The van der Waals surface area contributed by atoms with Crippen molar-refractivity contribution in [1.82, 2.24) is 0 Å². The SMILES string of the molecule is CCOC(=O)CCC1(P(=O)(O)O)CC(=O)OC1=O. The van der Waals surface area contributed by atoms with Crippen molar-refractivity contribution < 1.29 is 38.2 Å². The van der Waals surface area contributed by atoms with Crippen molar-refractivity contribution in [3.63, 3.8) is 0 Å². The van der Waals surface area contributed by atoms with Gasteiger partial charge in [-0.3, -0.25) is 18.9 Å². The predicted octanol–water partition coefficient (Wildman–Crippen LogP) is -0.280. The third kappa shape index (κ3) is 2.77. The van der Waals surface area contributed by atoms with E-state index in [9.17, 15) is 28.7 Å². The summed E-state index contributed by atoms with van der Waals surface area (Å²) >= 11 is 0. The molecule has 1 unspecified atom stereocenters. The molecule has 1 fully saturated rings. The Hall–Kier alpha value is -1.24. The Kier molecular flexibility index (Phi) is 4.26. The van der Waals surface area contributed by atoms with Gasteiger partial charge in [-0.05, 0) is 13.3 Å². The van der Waals surface area contributed by atoms with Gasteiger partial charge in [-0.25, -0.2) is 0 Å². The summed E-state index contributed by atoms with van der Waals surface area (Å²) in [5, 5.41) is -2.25. The van der Waals surface area contributed by atoms with E-state index in [1.54, 1.807) is 6.92 Å². The molecule has 0 aromatic heterocycles. The standard InChI is InChI=1S/C9H13O8P/c1-2-16-6(10)3-4-9(18(13,14)15)5-7(11)17-8(9)12/h2-5H2,1H3,(H2,13,14,15). The van der Waals surface area contributed by atoms with E-state index in [4.69, 9.17) is 0 Å². The smallest absolute Gasteiger partial charge is 0.343 e. The Morgan fingerprint density at radius 2 is 2.11 bits per heavy atom. The molecule has 0 radical (unpaired) electrons. The molecule has 2 N–H and O–H groups in total. The molecule has 1 rings (SSSR count). The van der Waals surface area contributed by atoms with Crippen LogP contribution in [0.25, 0.3) is 0 Å². The van der Waals surface area contributed by atoms with Crippen LogP contribution in [0, 0.1) is 0 Å². The molecule has 0 aromatic carbocycles. The van der Waals surface area contributed by atoms with E-state index in [1.165, 1.54) is 0 Å². The van der Waals surface area contributed by atoms with Gasteiger partial charge in [0.05, 0.1) is 13.0 Å². The lowest BCUT2D eigenvalue weighted by atomic mass is 10.0. The molecule has 8 nitrogen and oxygen atoms in total. The highest BCUT2D eigenvalue weighted by atomic mass is 31.2. The summed E-state index contributed by atoms with van der Waals surface area (Å²) in [4.78, 5) is 52.0. The maximum Gasteiger partial charge on any atom is 0.343 e. The summed E-state index contributed by atoms with van der Waals surface area (Å²) in [6, 6.07) is 0. The molecule has 102 valence electrons. The Morgan fingerprint density at radius 3 is 2.50 bits per heavy atom. The number of ether oxygens (including phenoxy) is 2. The van der Waals surface area contributed by atoms with Crippen LogP contribution in [-0.4, -0.2) is 39.5 Å². The highest BCUT2D eigenvalue weighted by Gasteiger charge is 2.61. The van der Waals surface area contributed by atoms with Crippen LogP contribution >= 0.6 is 7.60 Å². The summed E-state index contributed by atoms with van der Waals surface area (Å²) in [6.45, 7) is 1.69. The van der Waals surface area contributed by atoms with E-state index in [1.807, 2.05) is 0 Å². The van der Waals surface area contributed by atoms with E-state index in [0.717, 1.165) is 0 Å². The normalized spacial score (nSPS) is 23.9. The molecule has 0 aromatic rings. The quantitative estimate of drug-likeness (QED) is 0.400. The Balaban J connectivity index is 2.88. The van der Waals surface area contributed by atoms with Crippen molar-refractivity contribution in [3.8, 4) is 0 Å². The van der Waals surface area contributed by atoms with Gasteiger partial charge in [0.15, 0.2) is 5.16 Å². The van der Waals surface area contributed by atoms with Crippen molar-refractivity contribution in [2.45, 2.75) is 31.3 Å². The third-order valence-electron chi connectivity index (χ3n) is 2.63. The first-order valence-corrected chi connectivity index (χ1v) is 6.80. The van der Waals surface area contributed by atoms with Gasteiger partial charge in [0, 0.05) is 6.42 Å². The summed E-state index contributed by atoms with van der Waals surface area (Å²) in [5.41, 5.74) is 0. The molecule has 1 atom stereocenters. The lowest BCUT2D eigenvalue weighted by Crippen LogP contribution is -2.35. The fourth-order valence-electron chi connectivity index (χ4n) is 1.65. The monoisotopic (exact) mass is 280 g/mol. The maximum absolute atomic E-state index is 11.4. The second-order valence-corrected chi connectivity index (χ2v) is 5.76. The highest BCUT2D eigenvalue weighted by Crippen LogP contribution is 2.58. The summed E-state index contributed by atoms with van der Waals surface area (Å²) in [5.74, 6) is -2.99. The van der Waals surface area contributed by atoms with Gasteiger partial charge in [-0.15, -0.1) is 0 Å². The van der Waals surface area contributed by atoms with E-state index in [0.29, 0.717) is 0 Å². The number of esters is 3. The van der Waals surface area contributed by atoms with E-state index in [2.05, 4.69) is 9.47 Å². The second-order valence-electron chi connectivity index (χ2n) is 3.82. The Bertz CT molecular complexity index is 424. The van der Waals surface area contributed by atoms with Gasteiger partial charge in [0.1, 0.15) is 0 Å². The highest BCUT2D eigenvalue weighted by molar-refractivity contribution is 7.55. The van der Waals surface area contributed by atoms with E-state index >= 15 is 0 Å². The van der Waals surface area contributed by atoms with E-state index in [-0.39, 0.29) is 13.0 Å². The van der Waals surface area contributed by atoms with Crippen molar-refractivity contribution >= 4 is 25.5 Å². The van der Waals surface area contributed by atoms with Crippen LogP contribution in [0.4, 0.5) is 0 Å². The largest absolute Gasteiger partial charge is 0.466 e. The number of carbonyl (C=O) groups is 3. The third-order valence-corrected chi connectivity index (χ3v) is 4.31. The van der Waals surface area contributed by atoms with Crippen molar-refractivity contribution in [3.05, 3.63) is 0 Å². The zero-order chi connectivity index (χ0) is 14.0. The predicted molar refractivity (Wildman–Crippen MR) is 56.4 cm³/mol. The van der Waals surface area contributed by atoms with Crippen LogP contribution in [0.3, 0.4) is 0 Å². The average Bonchev–Trinajstić information content (AvgIpc) is 2.51. The van der Waals surface area contributed by atoms with Gasteiger partial charge in [0.25, 0.3) is 0 Å². The molecular formula is C9H13O8P. The topological polar surface area (TPSA) is 127 Å². The molecule has 0 spiro atoms. The Labute approximate surface area is 102 Å². The summed E-state index contributed by atoms with van der Waals surface area (Å²) in [6.07, 6.45) is -1.59. The minimum absolute atomic E-state index is 0.116. The fourth-order valence-corrected chi connectivity index (χ4v) is 2.67. The molecule has 9 heteroatoms. The number of cyclic esters (lactones) is 2. The van der Waals surface area contributed by atoms with Gasteiger partial charge in [0.2, 0.25) is 0 Å². The lowest BCUT2D eigenvalue weighted by Gasteiger charge is -2.23. The molecule has 18 heavy (non-hydrogen) atoms. The average molecular weight is 280 g/mol. The molecule has 0 aliphatic carbocycles. The molecule has 1 saturated heterocycles. The minimum Gasteiger partial charge on any atom is -0.466 e. The van der Waals surface area contributed by atoms with Crippen molar-refractivity contribution in [1.29, 1.82) is 0 Å². The number of hydrogen-bond donors (Lipinski definition) is 2. The number of rotatable bonds is 5. The zero-order valence-corrected chi connectivity index (χ0v) is 10.5. The van der Waals surface area contributed by atoms with Crippen molar-refractivity contribution in [2.24, 2.45) is 0 Å². The molecule has 0 saturated carbocycles. The van der Waals surface area contributed by atoms with Gasteiger partial charge in [-0.1, -0.05) is 0 Å². The molecule has 1 aliphatic heterocycles. The lowest BCUT2D eigenvalue weighted by molar-refractivity contribution is -0.152. The van der Waals surface area contributed by atoms with Crippen LogP contribution in [-0.2, 0) is 28.4 Å². The van der Waals surface area contributed by atoms with Crippen LogP contribution in [0.1, 0.15) is 26.2 Å². The van der Waals surface area contributed by atoms with Crippen molar-refractivity contribution in [2.75, 3.05) is 6.61 Å². The van der Waals surface area contributed by atoms with Crippen LogP contribution in [0.2, 0.25) is 0 Å². The first kappa shape index (κ1) is 14.8. The molecule has 0 bridgehead atoms. The number of carbonyl (C=O) groups excluding carboxylic acids is 3. The fraction of sp³-hybridized carbons (Fsp3) is 0.667. The van der Waals surface area contributed by atoms with E-state index < -0.39 is 43.5 Å². The van der Waals surface area contributed by atoms with Gasteiger partial charge < -0.3 is 19.3 Å². The van der Waals surface area contributed by atoms with Gasteiger partial charge >= 0.3 is 25.5 Å². The minimum atomic E-state index is -4.92. The first-order valence-electron chi connectivity index (χ1n) is 5.19. The number of hydrogen-bond acceptors (Lipinski definition) is 6. The second kappa shape index (κ2) is 5.17. The molecule has 1 aliphatic rings. The molecule has 0 amide bonds. The van der Waals surface area contributed by atoms with Gasteiger partial charge in [-0.2, -0.15) is 0 Å².